The van der Waals surface area contributed by atoms with Crippen LogP contribution in [0.4, 0.5) is 18.0 Å². The maximum atomic E-state index is 13.1. The maximum absolute atomic E-state index is 13.1. The molecule has 5 nitrogen and oxygen atoms in total. The van der Waals surface area contributed by atoms with Crippen molar-refractivity contribution in [3.05, 3.63) is 29.3 Å². The van der Waals surface area contributed by atoms with Gasteiger partial charge in [0.25, 0.3) is 0 Å². The summed E-state index contributed by atoms with van der Waals surface area (Å²) in [5.41, 5.74) is -0.924. The summed E-state index contributed by atoms with van der Waals surface area (Å²) in [6, 6.07) is 2.49. The molecular weight excluding hydrogens is 313 g/mol. The van der Waals surface area contributed by atoms with Crippen molar-refractivity contribution in [2.24, 2.45) is 0 Å². The molecule has 130 valence electrons. The van der Waals surface area contributed by atoms with Gasteiger partial charge in [0.1, 0.15) is 5.75 Å². The normalized spacial score (nSPS) is 12.9. The van der Waals surface area contributed by atoms with Crippen LogP contribution in [0.2, 0.25) is 0 Å². The van der Waals surface area contributed by atoms with Gasteiger partial charge in [-0.15, -0.1) is 0 Å². The molecule has 1 aromatic carbocycles. The fourth-order valence-electron chi connectivity index (χ4n) is 1.82. The van der Waals surface area contributed by atoms with Crippen molar-refractivity contribution >= 4 is 6.03 Å². The first-order valence-corrected chi connectivity index (χ1v) is 7.15. The van der Waals surface area contributed by atoms with E-state index in [0.29, 0.717) is 0 Å². The van der Waals surface area contributed by atoms with E-state index in [0.717, 1.165) is 6.07 Å². The van der Waals surface area contributed by atoms with E-state index >= 15 is 0 Å². The number of hydrogen-bond donors (Lipinski definition) is 3. The van der Waals surface area contributed by atoms with Crippen LogP contribution in [0.5, 0.6) is 5.75 Å². The number of halogens is 3. The van der Waals surface area contributed by atoms with Gasteiger partial charge < -0.3 is 20.5 Å². The molecule has 0 bridgehead atoms. The first kappa shape index (κ1) is 19.1. The van der Waals surface area contributed by atoms with Gasteiger partial charge in [0.15, 0.2) is 0 Å². The minimum absolute atomic E-state index is 0.0691. The van der Waals surface area contributed by atoms with Crippen LogP contribution in [0.15, 0.2) is 18.2 Å². The zero-order chi connectivity index (χ0) is 17.6. The topological polar surface area (TPSA) is 70.6 Å². The van der Waals surface area contributed by atoms with E-state index in [-0.39, 0.29) is 30.6 Å². The Kier molecular flexibility index (Phi) is 6.68. The third kappa shape index (κ3) is 6.35. The fraction of sp³-hybridized carbons (Fsp3) is 0.533. The lowest BCUT2D eigenvalue weighted by Crippen LogP contribution is -2.42. The summed E-state index contributed by atoms with van der Waals surface area (Å²) in [5.74, 6) is 0.120. The Morgan fingerprint density at radius 1 is 1.30 bits per heavy atom. The van der Waals surface area contributed by atoms with Crippen LogP contribution >= 0.6 is 0 Å². The van der Waals surface area contributed by atoms with E-state index < -0.39 is 23.8 Å². The Bertz CT molecular complexity index is 533. The van der Waals surface area contributed by atoms with Crippen molar-refractivity contribution in [3.8, 4) is 5.75 Å². The van der Waals surface area contributed by atoms with Crippen molar-refractivity contribution in [1.82, 2.24) is 10.6 Å². The Morgan fingerprint density at radius 2 is 1.96 bits per heavy atom. The number of alkyl halides is 3. The highest BCUT2D eigenvalue weighted by Gasteiger charge is 2.34. The van der Waals surface area contributed by atoms with Crippen LogP contribution in [0, 0.1) is 0 Å². The number of urea groups is 1. The average Bonchev–Trinajstić information content (AvgIpc) is 2.44. The molecule has 0 aliphatic carbocycles. The van der Waals surface area contributed by atoms with Gasteiger partial charge in [0.05, 0.1) is 24.3 Å². The minimum Gasteiger partial charge on any atom is -0.491 e. The predicted octanol–water partition coefficient (Wildman–Crippen LogP) is 2.67. The lowest BCUT2D eigenvalue weighted by molar-refractivity contribution is -0.138. The zero-order valence-corrected chi connectivity index (χ0v) is 13.2. The standard InChI is InChI=1S/C15H21F3N2O3/c1-9(2)23-12-5-4-11(13(6-12)15(16,17)18)7-19-14(22)20-10(3)8-21/h4-6,9-10,21H,7-8H2,1-3H3,(H2,19,20,22). The number of rotatable bonds is 6. The van der Waals surface area contributed by atoms with Crippen LogP contribution in [0.1, 0.15) is 31.9 Å². The van der Waals surface area contributed by atoms with Crippen LogP contribution in [-0.4, -0.2) is 29.9 Å². The molecule has 1 rings (SSSR count). The second-order valence-corrected chi connectivity index (χ2v) is 5.39. The van der Waals surface area contributed by atoms with E-state index in [9.17, 15) is 18.0 Å². The lowest BCUT2D eigenvalue weighted by atomic mass is 10.1. The summed E-state index contributed by atoms with van der Waals surface area (Å²) in [6.45, 7) is 4.45. The van der Waals surface area contributed by atoms with Gasteiger partial charge in [-0.3, -0.25) is 0 Å². The van der Waals surface area contributed by atoms with E-state index in [1.165, 1.54) is 12.1 Å². The monoisotopic (exact) mass is 334 g/mol. The molecular formula is C15H21F3N2O3. The number of aliphatic hydroxyl groups excluding tert-OH is 1. The molecule has 0 saturated carbocycles. The van der Waals surface area contributed by atoms with Crippen LogP contribution in [0.25, 0.3) is 0 Å². The molecule has 0 heterocycles. The van der Waals surface area contributed by atoms with E-state index in [2.05, 4.69) is 10.6 Å². The van der Waals surface area contributed by atoms with Crippen molar-refractivity contribution in [1.29, 1.82) is 0 Å². The first-order valence-electron chi connectivity index (χ1n) is 7.15. The van der Waals surface area contributed by atoms with Crippen LogP contribution < -0.4 is 15.4 Å². The first-order chi connectivity index (χ1) is 10.6. The maximum Gasteiger partial charge on any atom is 0.416 e. The second kappa shape index (κ2) is 8.05. The highest BCUT2D eigenvalue weighted by atomic mass is 19.4. The Labute approximate surface area is 132 Å². The van der Waals surface area contributed by atoms with E-state index in [4.69, 9.17) is 9.84 Å². The van der Waals surface area contributed by atoms with E-state index in [1.807, 2.05) is 0 Å². The summed E-state index contributed by atoms with van der Waals surface area (Å²) in [4.78, 5) is 11.5. The number of amides is 2. The van der Waals surface area contributed by atoms with Gasteiger partial charge in [-0.1, -0.05) is 6.07 Å². The highest BCUT2D eigenvalue weighted by Crippen LogP contribution is 2.34. The van der Waals surface area contributed by atoms with Gasteiger partial charge in [-0.2, -0.15) is 13.2 Å². The quantitative estimate of drug-likeness (QED) is 0.749. The molecule has 8 heteroatoms. The Morgan fingerprint density at radius 3 is 2.48 bits per heavy atom. The molecule has 1 unspecified atom stereocenters. The highest BCUT2D eigenvalue weighted by molar-refractivity contribution is 5.74. The molecule has 0 spiro atoms. The number of carbonyl (C=O) groups is 1. The predicted molar refractivity (Wildman–Crippen MR) is 79.1 cm³/mol. The summed E-state index contributed by atoms with van der Waals surface area (Å²) >= 11 is 0. The molecule has 1 atom stereocenters. The third-order valence-corrected chi connectivity index (χ3v) is 2.85. The van der Waals surface area contributed by atoms with Crippen LogP contribution in [-0.2, 0) is 12.7 Å². The molecule has 23 heavy (non-hydrogen) atoms. The van der Waals surface area contributed by atoms with Crippen molar-refractivity contribution in [2.45, 2.75) is 45.6 Å². The molecule has 1 aromatic rings. The smallest absolute Gasteiger partial charge is 0.416 e. The lowest BCUT2D eigenvalue weighted by Gasteiger charge is -2.17. The Hall–Kier alpha value is -1.96. The van der Waals surface area contributed by atoms with Crippen molar-refractivity contribution in [2.75, 3.05) is 6.61 Å². The SMILES string of the molecule is CC(CO)NC(=O)NCc1ccc(OC(C)C)cc1C(F)(F)F. The Balaban J connectivity index is 2.87. The molecule has 0 saturated heterocycles. The zero-order valence-electron chi connectivity index (χ0n) is 13.2. The molecule has 0 aliphatic rings. The number of nitrogens with one attached hydrogen (secondary N) is 2. The van der Waals surface area contributed by atoms with Gasteiger partial charge in [0, 0.05) is 6.54 Å². The molecule has 3 N–H and O–H groups in total. The molecule has 0 fully saturated rings. The van der Waals surface area contributed by atoms with Crippen molar-refractivity contribution in [3.63, 3.8) is 0 Å². The van der Waals surface area contributed by atoms with Gasteiger partial charge >= 0.3 is 12.2 Å². The number of benzene rings is 1. The molecule has 0 aliphatic heterocycles. The van der Waals surface area contributed by atoms with Crippen LogP contribution in [0.3, 0.4) is 0 Å². The number of aliphatic hydroxyl groups is 1. The number of carbonyl (C=O) groups excluding carboxylic acids is 1. The fourth-order valence-corrected chi connectivity index (χ4v) is 1.82. The molecule has 0 aromatic heterocycles. The summed E-state index contributed by atoms with van der Waals surface area (Å²) in [5, 5.41) is 13.5. The number of hydrogen-bond acceptors (Lipinski definition) is 3. The number of ether oxygens (including phenoxy) is 1. The van der Waals surface area contributed by atoms with Gasteiger partial charge in [0.2, 0.25) is 0 Å². The second-order valence-electron chi connectivity index (χ2n) is 5.39. The molecule has 2 amide bonds. The van der Waals surface area contributed by atoms with Gasteiger partial charge in [-0.05, 0) is 38.5 Å². The third-order valence-electron chi connectivity index (χ3n) is 2.85. The van der Waals surface area contributed by atoms with Gasteiger partial charge in [-0.25, -0.2) is 4.79 Å². The summed E-state index contributed by atoms with van der Waals surface area (Å²) in [7, 11) is 0. The largest absolute Gasteiger partial charge is 0.491 e. The average molecular weight is 334 g/mol. The van der Waals surface area contributed by atoms with Crippen molar-refractivity contribution < 1.29 is 27.8 Å². The minimum atomic E-state index is -4.55. The molecule has 0 radical (unpaired) electrons. The summed E-state index contributed by atoms with van der Waals surface area (Å²) < 4.78 is 44.7. The van der Waals surface area contributed by atoms with E-state index in [1.54, 1.807) is 20.8 Å². The summed E-state index contributed by atoms with van der Waals surface area (Å²) in [6.07, 6.45) is -4.80.